The molecule has 2 aromatic carbocycles. The molecular formula is C20H19ClF4N2O3. The van der Waals surface area contributed by atoms with Crippen LogP contribution in [-0.2, 0) is 18.6 Å². The predicted molar refractivity (Wildman–Crippen MR) is 103 cm³/mol. The number of hydrogen-bond acceptors (Lipinski definition) is 3. The molecule has 0 aromatic heterocycles. The van der Waals surface area contributed by atoms with E-state index in [2.05, 4.69) is 15.4 Å². The van der Waals surface area contributed by atoms with Crippen molar-refractivity contribution in [2.24, 2.45) is 0 Å². The molecule has 0 spiro atoms. The van der Waals surface area contributed by atoms with Gasteiger partial charge in [0.25, 0.3) is 0 Å². The summed E-state index contributed by atoms with van der Waals surface area (Å²) in [6, 6.07) is 3.59. The van der Waals surface area contributed by atoms with Crippen LogP contribution in [0, 0.1) is 12.7 Å². The van der Waals surface area contributed by atoms with Crippen LogP contribution in [0.3, 0.4) is 0 Å². The molecule has 3 N–H and O–H groups in total. The molecule has 1 aliphatic carbocycles. The summed E-state index contributed by atoms with van der Waals surface area (Å²) in [5.41, 5.74) is 1.73. The van der Waals surface area contributed by atoms with Crippen molar-refractivity contribution < 1.29 is 32.2 Å². The molecule has 2 amide bonds. The van der Waals surface area contributed by atoms with Crippen molar-refractivity contribution in [2.45, 2.75) is 45.2 Å². The van der Waals surface area contributed by atoms with Crippen molar-refractivity contribution in [2.75, 3.05) is 5.32 Å². The predicted octanol–water partition coefficient (Wildman–Crippen LogP) is 5.16. The number of aliphatic hydroxyl groups is 1. The third-order valence-electron chi connectivity index (χ3n) is 5.04. The first-order valence-corrected chi connectivity index (χ1v) is 9.39. The Kier molecular flexibility index (Phi) is 5.88. The number of rotatable bonds is 4. The molecule has 0 radical (unpaired) electrons. The zero-order chi connectivity index (χ0) is 22.3. The standard InChI is InChI=1S/C20H19ClF4N2O3/c1-10-13-5-6-19(2,29)14(13)8-15(21)17(10)27-18(28)26-9-11-3-4-12(7-16(11)22)30-20(23,24)25/h3-4,7-8,29H,5-6,9H2,1-2H3,(H2,26,27,28). The van der Waals surface area contributed by atoms with Gasteiger partial charge < -0.3 is 20.5 Å². The van der Waals surface area contributed by atoms with Crippen LogP contribution in [0.4, 0.5) is 28.0 Å². The fraction of sp³-hybridized carbons (Fsp3) is 0.350. The van der Waals surface area contributed by atoms with E-state index in [0.29, 0.717) is 24.6 Å². The van der Waals surface area contributed by atoms with Gasteiger partial charge in [0, 0.05) is 18.2 Å². The highest BCUT2D eigenvalue weighted by molar-refractivity contribution is 6.34. The van der Waals surface area contributed by atoms with Crippen LogP contribution < -0.4 is 15.4 Å². The minimum absolute atomic E-state index is 0.0208. The summed E-state index contributed by atoms with van der Waals surface area (Å²) < 4.78 is 54.2. The highest BCUT2D eigenvalue weighted by atomic mass is 35.5. The first-order chi connectivity index (χ1) is 13.9. The molecule has 1 unspecified atom stereocenters. The van der Waals surface area contributed by atoms with E-state index in [-0.39, 0.29) is 17.1 Å². The smallest absolute Gasteiger partial charge is 0.406 e. The van der Waals surface area contributed by atoms with Crippen LogP contribution in [-0.4, -0.2) is 17.5 Å². The number of carbonyl (C=O) groups is 1. The average molecular weight is 447 g/mol. The second kappa shape index (κ2) is 7.96. The van der Waals surface area contributed by atoms with Crippen molar-refractivity contribution in [3.05, 3.63) is 57.4 Å². The summed E-state index contributed by atoms with van der Waals surface area (Å²) in [5, 5.41) is 15.7. The van der Waals surface area contributed by atoms with Crippen LogP contribution in [0.5, 0.6) is 5.75 Å². The zero-order valence-electron chi connectivity index (χ0n) is 16.1. The fourth-order valence-electron chi connectivity index (χ4n) is 3.48. The van der Waals surface area contributed by atoms with Gasteiger partial charge in [-0.15, -0.1) is 13.2 Å². The van der Waals surface area contributed by atoms with E-state index in [1.54, 1.807) is 19.9 Å². The normalized spacial score (nSPS) is 18.1. The van der Waals surface area contributed by atoms with Crippen molar-refractivity contribution in [1.82, 2.24) is 5.32 Å². The molecule has 0 saturated heterocycles. The second-order valence-electron chi connectivity index (χ2n) is 7.27. The molecule has 0 fully saturated rings. The summed E-state index contributed by atoms with van der Waals surface area (Å²) in [4.78, 5) is 12.3. The molecule has 30 heavy (non-hydrogen) atoms. The maximum atomic E-state index is 14.0. The van der Waals surface area contributed by atoms with Crippen LogP contribution in [0.25, 0.3) is 0 Å². The molecule has 162 valence electrons. The maximum absolute atomic E-state index is 14.0. The molecular weight excluding hydrogens is 428 g/mol. The minimum atomic E-state index is -4.92. The molecule has 0 bridgehead atoms. The van der Waals surface area contributed by atoms with Crippen LogP contribution in [0.2, 0.25) is 5.02 Å². The highest BCUT2D eigenvalue weighted by Gasteiger charge is 2.34. The second-order valence-corrected chi connectivity index (χ2v) is 7.67. The van der Waals surface area contributed by atoms with Gasteiger partial charge in [0.2, 0.25) is 0 Å². The fourth-order valence-corrected chi connectivity index (χ4v) is 3.78. The van der Waals surface area contributed by atoms with Crippen LogP contribution in [0.15, 0.2) is 24.3 Å². The number of nitrogens with one attached hydrogen (secondary N) is 2. The number of benzene rings is 2. The zero-order valence-corrected chi connectivity index (χ0v) is 16.8. The van der Waals surface area contributed by atoms with E-state index in [0.717, 1.165) is 28.8 Å². The van der Waals surface area contributed by atoms with Crippen molar-refractivity contribution in [1.29, 1.82) is 0 Å². The molecule has 0 heterocycles. The summed E-state index contributed by atoms with van der Waals surface area (Å²) in [6.07, 6.45) is -3.74. The number of alkyl halides is 3. The SMILES string of the molecule is Cc1c2c(cc(Cl)c1NC(=O)NCc1ccc(OC(F)(F)F)cc1F)C(C)(O)CC2. The summed E-state index contributed by atoms with van der Waals surface area (Å²) >= 11 is 6.28. The lowest BCUT2D eigenvalue weighted by atomic mass is 9.96. The van der Waals surface area contributed by atoms with Crippen molar-refractivity contribution >= 4 is 23.3 Å². The molecule has 10 heteroatoms. The molecule has 3 rings (SSSR count). The van der Waals surface area contributed by atoms with Gasteiger partial charge in [0.05, 0.1) is 16.3 Å². The van der Waals surface area contributed by atoms with Crippen LogP contribution >= 0.6 is 11.6 Å². The molecule has 2 aromatic rings. The van der Waals surface area contributed by atoms with E-state index in [9.17, 15) is 27.5 Å². The van der Waals surface area contributed by atoms with Crippen LogP contribution in [0.1, 0.15) is 35.6 Å². The summed E-state index contributed by atoms with van der Waals surface area (Å²) in [5.74, 6) is -1.64. The van der Waals surface area contributed by atoms with Crippen molar-refractivity contribution in [3.8, 4) is 5.75 Å². The number of fused-ring (bicyclic) bond motifs is 1. The molecule has 0 aliphatic heterocycles. The third kappa shape index (κ3) is 4.79. The Morgan fingerprint density at radius 2 is 2.03 bits per heavy atom. The minimum Gasteiger partial charge on any atom is -0.406 e. The Morgan fingerprint density at radius 1 is 1.33 bits per heavy atom. The molecule has 5 nitrogen and oxygen atoms in total. The van der Waals surface area contributed by atoms with Gasteiger partial charge in [0.15, 0.2) is 0 Å². The lowest BCUT2D eigenvalue weighted by Crippen LogP contribution is -2.29. The van der Waals surface area contributed by atoms with E-state index >= 15 is 0 Å². The number of amides is 2. The summed E-state index contributed by atoms with van der Waals surface area (Å²) in [6.45, 7) is 3.22. The largest absolute Gasteiger partial charge is 0.573 e. The van der Waals surface area contributed by atoms with Gasteiger partial charge >= 0.3 is 12.4 Å². The molecule has 1 aliphatic rings. The first kappa shape index (κ1) is 22.2. The quantitative estimate of drug-likeness (QED) is 0.568. The van der Waals surface area contributed by atoms with Gasteiger partial charge in [-0.25, -0.2) is 9.18 Å². The Labute approximate surface area is 175 Å². The Bertz CT molecular complexity index is 993. The first-order valence-electron chi connectivity index (χ1n) is 9.01. The number of halogens is 5. The van der Waals surface area contributed by atoms with E-state index in [1.807, 2.05) is 0 Å². The highest BCUT2D eigenvalue weighted by Crippen LogP contribution is 2.43. The number of hydrogen-bond donors (Lipinski definition) is 3. The Morgan fingerprint density at radius 3 is 2.67 bits per heavy atom. The van der Waals surface area contributed by atoms with Gasteiger partial charge in [-0.2, -0.15) is 0 Å². The topological polar surface area (TPSA) is 70.6 Å². The monoisotopic (exact) mass is 446 g/mol. The van der Waals surface area contributed by atoms with E-state index in [1.165, 1.54) is 0 Å². The van der Waals surface area contributed by atoms with Gasteiger partial charge in [-0.1, -0.05) is 17.7 Å². The summed E-state index contributed by atoms with van der Waals surface area (Å²) in [7, 11) is 0. The van der Waals surface area contributed by atoms with Crippen molar-refractivity contribution in [3.63, 3.8) is 0 Å². The lowest BCUT2D eigenvalue weighted by Gasteiger charge is -2.20. The van der Waals surface area contributed by atoms with E-state index < -0.39 is 29.6 Å². The number of carbonyl (C=O) groups excluding carboxylic acids is 1. The Hall–Kier alpha value is -2.52. The number of anilines is 1. The molecule has 1 atom stereocenters. The number of urea groups is 1. The van der Waals surface area contributed by atoms with Gasteiger partial charge in [-0.05, 0) is 55.5 Å². The van der Waals surface area contributed by atoms with Gasteiger partial charge in [-0.3, -0.25) is 0 Å². The maximum Gasteiger partial charge on any atom is 0.573 e. The lowest BCUT2D eigenvalue weighted by molar-refractivity contribution is -0.274. The molecule has 0 saturated carbocycles. The Balaban J connectivity index is 1.67. The number of ether oxygens (including phenoxy) is 1. The van der Waals surface area contributed by atoms with Gasteiger partial charge in [0.1, 0.15) is 11.6 Å². The van der Waals surface area contributed by atoms with E-state index in [4.69, 9.17) is 11.6 Å². The third-order valence-corrected chi connectivity index (χ3v) is 5.34. The average Bonchev–Trinajstić information content (AvgIpc) is 2.91.